The van der Waals surface area contributed by atoms with Gasteiger partial charge in [0.05, 0.1) is 5.69 Å². The Morgan fingerprint density at radius 3 is 2.33 bits per heavy atom. The molecule has 3 nitrogen and oxygen atoms in total. The van der Waals surface area contributed by atoms with Crippen LogP contribution in [0.3, 0.4) is 0 Å². The quantitative estimate of drug-likeness (QED) is 0.785. The zero-order valence-electron chi connectivity index (χ0n) is 8.97. The van der Waals surface area contributed by atoms with Crippen molar-refractivity contribution in [2.24, 2.45) is 0 Å². The molecule has 1 aromatic heterocycles. The lowest BCUT2D eigenvalue weighted by atomic mass is 10.2. The van der Waals surface area contributed by atoms with Gasteiger partial charge in [0, 0.05) is 6.04 Å². The summed E-state index contributed by atoms with van der Waals surface area (Å²) in [4.78, 5) is 0. The van der Waals surface area contributed by atoms with Crippen molar-refractivity contribution in [3.05, 3.63) is 11.4 Å². The van der Waals surface area contributed by atoms with Crippen LogP contribution in [0.2, 0.25) is 0 Å². The van der Waals surface area contributed by atoms with Gasteiger partial charge in [-0.1, -0.05) is 53.4 Å². The largest absolute Gasteiger partial charge is 0.246 e. The van der Waals surface area contributed by atoms with Gasteiger partial charge in [-0.15, -0.1) is 5.10 Å². The molecule has 86 valence electrons. The van der Waals surface area contributed by atoms with Gasteiger partial charge >= 0.3 is 0 Å². The first kappa shape index (κ1) is 13.1. The Balaban J connectivity index is 3.18. The highest BCUT2D eigenvalue weighted by Crippen LogP contribution is 2.39. The zero-order chi connectivity index (χ0) is 11.6. The number of hydrogen-bond donors (Lipinski definition) is 0. The van der Waals surface area contributed by atoms with Crippen molar-refractivity contribution >= 4 is 34.8 Å². The van der Waals surface area contributed by atoms with Gasteiger partial charge < -0.3 is 0 Å². The molecule has 0 atom stereocenters. The van der Waals surface area contributed by atoms with E-state index in [4.69, 9.17) is 34.8 Å². The average Bonchev–Trinajstić information content (AvgIpc) is 2.47. The summed E-state index contributed by atoms with van der Waals surface area (Å²) < 4.78 is 0.318. The van der Waals surface area contributed by atoms with Gasteiger partial charge in [-0.05, 0) is 20.3 Å². The molecule has 0 aliphatic carbocycles. The number of rotatable bonds is 3. The van der Waals surface area contributed by atoms with Gasteiger partial charge in [0.1, 0.15) is 5.69 Å². The lowest BCUT2D eigenvalue weighted by Gasteiger charge is -2.13. The van der Waals surface area contributed by atoms with Crippen LogP contribution in [0.4, 0.5) is 0 Å². The van der Waals surface area contributed by atoms with E-state index in [0.29, 0.717) is 5.69 Å². The van der Waals surface area contributed by atoms with Crippen molar-refractivity contribution < 1.29 is 0 Å². The molecule has 1 aromatic rings. The van der Waals surface area contributed by atoms with Crippen LogP contribution in [0.15, 0.2) is 0 Å². The highest BCUT2D eigenvalue weighted by Gasteiger charge is 2.31. The second-order valence-corrected chi connectivity index (χ2v) is 5.95. The Morgan fingerprint density at radius 2 is 1.93 bits per heavy atom. The van der Waals surface area contributed by atoms with Gasteiger partial charge in [-0.2, -0.15) is 0 Å². The van der Waals surface area contributed by atoms with E-state index < -0.39 is 3.79 Å². The monoisotopic (exact) mass is 269 g/mol. The van der Waals surface area contributed by atoms with Crippen molar-refractivity contribution in [2.75, 3.05) is 0 Å². The molecule has 0 aliphatic rings. The third-order valence-corrected chi connectivity index (χ3v) is 2.57. The van der Waals surface area contributed by atoms with Crippen LogP contribution < -0.4 is 0 Å². The summed E-state index contributed by atoms with van der Waals surface area (Å²) in [6.45, 7) is 6.12. The van der Waals surface area contributed by atoms with Crippen LogP contribution >= 0.6 is 34.8 Å². The minimum atomic E-state index is -1.49. The Labute approximate surface area is 105 Å². The van der Waals surface area contributed by atoms with Crippen LogP contribution in [-0.2, 0) is 10.2 Å². The van der Waals surface area contributed by atoms with E-state index in [1.165, 1.54) is 0 Å². The maximum absolute atomic E-state index is 5.83. The van der Waals surface area contributed by atoms with Crippen LogP contribution in [0.25, 0.3) is 0 Å². The Kier molecular flexibility index (Phi) is 4.27. The van der Waals surface area contributed by atoms with Gasteiger partial charge in [0.25, 0.3) is 0 Å². The van der Waals surface area contributed by atoms with Gasteiger partial charge in [-0.25, -0.2) is 4.68 Å². The Hall–Kier alpha value is 0.01000. The molecular formula is C9H14Cl3N3. The molecule has 0 saturated carbocycles. The molecule has 0 N–H and O–H groups in total. The van der Waals surface area contributed by atoms with Crippen molar-refractivity contribution in [3.63, 3.8) is 0 Å². The van der Waals surface area contributed by atoms with Crippen molar-refractivity contribution in [3.8, 4) is 0 Å². The minimum absolute atomic E-state index is 0.222. The molecule has 0 aromatic carbocycles. The Bertz CT molecular complexity index is 328. The zero-order valence-corrected chi connectivity index (χ0v) is 11.2. The van der Waals surface area contributed by atoms with Crippen LogP contribution in [0.5, 0.6) is 0 Å². The van der Waals surface area contributed by atoms with E-state index in [1.54, 1.807) is 4.68 Å². The summed E-state index contributed by atoms with van der Waals surface area (Å²) >= 11 is 17.5. The van der Waals surface area contributed by atoms with E-state index >= 15 is 0 Å². The summed E-state index contributed by atoms with van der Waals surface area (Å²) in [5.41, 5.74) is 1.36. The summed E-state index contributed by atoms with van der Waals surface area (Å²) in [6, 6.07) is 0.222. The normalized spacial score (nSPS) is 12.5. The molecule has 15 heavy (non-hydrogen) atoms. The van der Waals surface area contributed by atoms with E-state index in [9.17, 15) is 0 Å². The first-order valence-corrected chi connectivity index (χ1v) is 6.02. The lowest BCUT2D eigenvalue weighted by molar-refractivity contribution is 0.492. The highest BCUT2D eigenvalue weighted by molar-refractivity contribution is 6.66. The van der Waals surface area contributed by atoms with E-state index in [0.717, 1.165) is 18.5 Å². The predicted octanol–water partition coefficient (Wildman–Crippen LogP) is 3.64. The SMILES string of the molecule is CCCc1c(C(Cl)(Cl)Cl)nnn1C(C)C. The first-order valence-electron chi connectivity index (χ1n) is 4.89. The second-order valence-electron chi connectivity index (χ2n) is 3.67. The molecule has 0 amide bonds. The van der Waals surface area contributed by atoms with E-state index in [-0.39, 0.29) is 6.04 Å². The van der Waals surface area contributed by atoms with Gasteiger partial charge in [0.2, 0.25) is 3.79 Å². The minimum Gasteiger partial charge on any atom is -0.246 e. The van der Waals surface area contributed by atoms with Crippen molar-refractivity contribution in [1.82, 2.24) is 15.0 Å². The highest BCUT2D eigenvalue weighted by atomic mass is 35.6. The molecule has 0 unspecified atom stereocenters. The number of hydrogen-bond acceptors (Lipinski definition) is 2. The van der Waals surface area contributed by atoms with Crippen molar-refractivity contribution in [1.29, 1.82) is 0 Å². The molecule has 0 saturated heterocycles. The molecule has 6 heteroatoms. The smallest absolute Gasteiger partial charge is 0.236 e. The first-order chi connectivity index (χ1) is 6.88. The summed E-state index contributed by atoms with van der Waals surface area (Å²) in [7, 11) is 0. The van der Waals surface area contributed by atoms with Crippen LogP contribution in [-0.4, -0.2) is 15.0 Å². The Morgan fingerprint density at radius 1 is 1.33 bits per heavy atom. The van der Waals surface area contributed by atoms with Crippen molar-refractivity contribution in [2.45, 2.75) is 43.4 Å². The third kappa shape index (κ3) is 2.99. The number of nitrogens with zero attached hydrogens (tertiary/aromatic N) is 3. The number of alkyl halides is 3. The topological polar surface area (TPSA) is 30.7 Å². The molecule has 0 fully saturated rings. The number of halogens is 3. The third-order valence-electron chi connectivity index (χ3n) is 2.04. The molecule has 1 heterocycles. The summed E-state index contributed by atoms with van der Waals surface area (Å²) in [6.07, 6.45) is 1.78. The maximum atomic E-state index is 5.83. The molecule has 0 radical (unpaired) electrons. The van der Waals surface area contributed by atoms with Gasteiger partial charge in [-0.3, -0.25) is 0 Å². The maximum Gasteiger partial charge on any atom is 0.236 e. The molecule has 0 spiro atoms. The fraction of sp³-hybridized carbons (Fsp3) is 0.778. The van der Waals surface area contributed by atoms with Gasteiger partial charge in [0.15, 0.2) is 0 Å². The lowest BCUT2D eigenvalue weighted by Crippen LogP contribution is -2.11. The second kappa shape index (κ2) is 4.89. The van der Waals surface area contributed by atoms with Crippen LogP contribution in [0.1, 0.15) is 44.6 Å². The average molecular weight is 271 g/mol. The standard InChI is InChI=1S/C9H14Cl3N3/c1-4-5-7-8(9(10,11)12)13-14-15(7)6(2)3/h6H,4-5H2,1-3H3. The van der Waals surface area contributed by atoms with Crippen LogP contribution in [0, 0.1) is 0 Å². The fourth-order valence-corrected chi connectivity index (χ4v) is 1.86. The molecule has 1 rings (SSSR count). The summed E-state index contributed by atoms with van der Waals surface area (Å²) in [5.74, 6) is 0. The fourth-order valence-electron chi connectivity index (χ4n) is 1.42. The predicted molar refractivity (Wildman–Crippen MR) is 63.6 cm³/mol. The van der Waals surface area contributed by atoms with E-state index in [2.05, 4.69) is 17.2 Å². The molecule has 0 aliphatic heterocycles. The molecular weight excluding hydrogens is 256 g/mol. The summed E-state index contributed by atoms with van der Waals surface area (Å²) in [5, 5.41) is 7.96. The number of aromatic nitrogens is 3. The molecule has 0 bridgehead atoms. The van der Waals surface area contributed by atoms with E-state index in [1.807, 2.05) is 13.8 Å².